The Bertz CT molecular complexity index is 602. The molecular formula is C20H35IN4O3. The van der Waals surface area contributed by atoms with E-state index < -0.39 is 0 Å². The minimum atomic E-state index is 0. The van der Waals surface area contributed by atoms with Crippen molar-refractivity contribution in [1.82, 2.24) is 15.5 Å². The minimum Gasteiger partial charge on any atom is -0.493 e. The Kier molecular flexibility index (Phi) is 11.4. The quantitative estimate of drug-likeness (QED) is 0.305. The van der Waals surface area contributed by atoms with Gasteiger partial charge >= 0.3 is 0 Å². The number of hydrogen-bond donors (Lipinski definition) is 2. The number of benzene rings is 1. The van der Waals surface area contributed by atoms with Crippen molar-refractivity contribution in [3.05, 3.63) is 17.7 Å². The fourth-order valence-corrected chi connectivity index (χ4v) is 3.35. The van der Waals surface area contributed by atoms with Crippen LogP contribution in [0.2, 0.25) is 0 Å². The van der Waals surface area contributed by atoms with E-state index in [0.29, 0.717) is 29.7 Å². The van der Waals surface area contributed by atoms with E-state index in [1.54, 1.807) is 21.3 Å². The molecule has 0 radical (unpaired) electrons. The number of methoxy groups -OCH3 is 3. The van der Waals surface area contributed by atoms with Gasteiger partial charge in [0.05, 0.1) is 27.9 Å². The van der Waals surface area contributed by atoms with E-state index in [4.69, 9.17) is 19.2 Å². The third kappa shape index (κ3) is 6.88. The summed E-state index contributed by atoms with van der Waals surface area (Å²) in [6.07, 6.45) is 1.24. The molecule has 8 heteroatoms. The van der Waals surface area contributed by atoms with Crippen LogP contribution >= 0.6 is 24.0 Å². The largest absolute Gasteiger partial charge is 0.493 e. The maximum atomic E-state index is 5.42. The topological polar surface area (TPSA) is 67.4 Å². The summed E-state index contributed by atoms with van der Waals surface area (Å²) in [5.74, 6) is 3.40. The molecule has 1 aliphatic rings. The Balaban J connectivity index is 0.00000392. The van der Waals surface area contributed by atoms with Crippen molar-refractivity contribution in [3.63, 3.8) is 0 Å². The first-order valence-electron chi connectivity index (χ1n) is 9.68. The van der Waals surface area contributed by atoms with Crippen LogP contribution in [0.1, 0.15) is 25.8 Å². The maximum absolute atomic E-state index is 5.42. The lowest BCUT2D eigenvalue weighted by atomic mass is 10.1. The molecule has 1 aliphatic heterocycles. The monoisotopic (exact) mass is 506 g/mol. The highest BCUT2D eigenvalue weighted by Crippen LogP contribution is 2.38. The first-order valence-corrected chi connectivity index (χ1v) is 9.68. The van der Waals surface area contributed by atoms with Crippen LogP contribution in [0, 0.1) is 5.92 Å². The van der Waals surface area contributed by atoms with Crippen LogP contribution in [0.5, 0.6) is 17.2 Å². The van der Waals surface area contributed by atoms with Crippen molar-refractivity contribution in [2.45, 2.75) is 26.8 Å². The molecule has 2 rings (SSSR count). The lowest BCUT2D eigenvalue weighted by Crippen LogP contribution is -2.40. The Morgan fingerprint density at radius 1 is 1.11 bits per heavy atom. The van der Waals surface area contributed by atoms with E-state index in [-0.39, 0.29) is 24.0 Å². The molecule has 0 amide bonds. The average Bonchev–Trinajstić information content (AvgIpc) is 3.17. The summed E-state index contributed by atoms with van der Waals surface area (Å²) in [6, 6.07) is 3.87. The standard InChI is InChI=1S/C20H34N4O3.HI/c1-6-21-20(22-12-15-8-9-24(7-2)14-15)23-13-16-10-17(25-3)19(27-5)18(11-16)26-4;/h10-11,15H,6-9,12-14H2,1-5H3,(H2,21,22,23);1H. The zero-order valence-corrected chi connectivity index (χ0v) is 20.0. The molecule has 2 N–H and O–H groups in total. The predicted octanol–water partition coefficient (Wildman–Crippen LogP) is 2.73. The van der Waals surface area contributed by atoms with Crippen LogP contribution in [0.4, 0.5) is 0 Å². The molecule has 0 aromatic heterocycles. The van der Waals surface area contributed by atoms with Gasteiger partial charge in [-0.05, 0) is 50.0 Å². The van der Waals surface area contributed by atoms with Crippen molar-refractivity contribution >= 4 is 29.9 Å². The summed E-state index contributed by atoms with van der Waals surface area (Å²) in [5.41, 5.74) is 1.000. The summed E-state index contributed by atoms with van der Waals surface area (Å²) in [7, 11) is 4.85. The van der Waals surface area contributed by atoms with Crippen LogP contribution < -0.4 is 24.8 Å². The van der Waals surface area contributed by atoms with E-state index >= 15 is 0 Å². The van der Waals surface area contributed by atoms with Gasteiger partial charge in [0.1, 0.15) is 0 Å². The van der Waals surface area contributed by atoms with Gasteiger partial charge in [-0.3, -0.25) is 0 Å². The van der Waals surface area contributed by atoms with Crippen molar-refractivity contribution in [2.75, 3.05) is 54.1 Å². The Labute approximate surface area is 186 Å². The van der Waals surface area contributed by atoms with Gasteiger partial charge < -0.3 is 29.7 Å². The van der Waals surface area contributed by atoms with Crippen molar-refractivity contribution < 1.29 is 14.2 Å². The number of hydrogen-bond acceptors (Lipinski definition) is 5. The predicted molar refractivity (Wildman–Crippen MR) is 125 cm³/mol. The summed E-state index contributed by atoms with van der Waals surface area (Å²) >= 11 is 0. The van der Waals surface area contributed by atoms with Gasteiger partial charge in [0.15, 0.2) is 17.5 Å². The van der Waals surface area contributed by atoms with Gasteiger partial charge in [-0.1, -0.05) is 6.92 Å². The number of likely N-dealkylation sites (tertiary alicyclic amines) is 1. The van der Waals surface area contributed by atoms with Crippen LogP contribution in [0.3, 0.4) is 0 Å². The zero-order valence-electron chi connectivity index (χ0n) is 17.7. The van der Waals surface area contributed by atoms with Gasteiger partial charge in [-0.15, -0.1) is 24.0 Å². The molecule has 0 bridgehead atoms. The molecule has 0 spiro atoms. The Morgan fingerprint density at radius 2 is 1.79 bits per heavy atom. The second kappa shape index (κ2) is 12.9. The summed E-state index contributed by atoms with van der Waals surface area (Å²) in [6.45, 7) is 10.1. The highest BCUT2D eigenvalue weighted by Gasteiger charge is 2.21. The molecular weight excluding hydrogens is 471 g/mol. The smallest absolute Gasteiger partial charge is 0.203 e. The molecule has 1 heterocycles. The van der Waals surface area contributed by atoms with Crippen LogP contribution in [0.15, 0.2) is 17.1 Å². The van der Waals surface area contributed by atoms with Crippen molar-refractivity contribution in [2.24, 2.45) is 10.9 Å². The lowest BCUT2D eigenvalue weighted by Gasteiger charge is -2.17. The third-order valence-electron chi connectivity index (χ3n) is 4.86. The second-order valence-corrected chi connectivity index (χ2v) is 6.66. The van der Waals surface area contributed by atoms with Crippen LogP contribution in [-0.4, -0.2) is 64.9 Å². The average molecular weight is 506 g/mol. The molecule has 1 unspecified atom stereocenters. The van der Waals surface area contributed by atoms with Crippen LogP contribution in [-0.2, 0) is 6.54 Å². The molecule has 28 heavy (non-hydrogen) atoms. The normalized spacial score (nSPS) is 17.0. The molecule has 1 fully saturated rings. The Hall–Kier alpha value is -1.42. The van der Waals surface area contributed by atoms with Gasteiger partial charge in [-0.25, -0.2) is 4.99 Å². The Morgan fingerprint density at radius 3 is 2.29 bits per heavy atom. The lowest BCUT2D eigenvalue weighted by molar-refractivity contribution is 0.324. The van der Waals surface area contributed by atoms with E-state index in [2.05, 4.69) is 29.4 Å². The highest BCUT2D eigenvalue weighted by atomic mass is 127. The van der Waals surface area contributed by atoms with Crippen molar-refractivity contribution in [3.8, 4) is 17.2 Å². The first kappa shape index (κ1) is 24.6. The number of ether oxygens (including phenoxy) is 3. The van der Waals surface area contributed by atoms with Gasteiger partial charge in [0.25, 0.3) is 0 Å². The van der Waals surface area contributed by atoms with Gasteiger partial charge in [-0.2, -0.15) is 0 Å². The van der Waals surface area contributed by atoms with Gasteiger partial charge in [0, 0.05) is 19.6 Å². The fraction of sp³-hybridized carbons (Fsp3) is 0.650. The molecule has 7 nitrogen and oxygen atoms in total. The van der Waals surface area contributed by atoms with E-state index in [0.717, 1.165) is 37.7 Å². The maximum Gasteiger partial charge on any atom is 0.203 e. The minimum absolute atomic E-state index is 0. The van der Waals surface area contributed by atoms with Crippen molar-refractivity contribution in [1.29, 1.82) is 0 Å². The van der Waals surface area contributed by atoms with Gasteiger partial charge in [0.2, 0.25) is 5.75 Å². The summed E-state index contributed by atoms with van der Waals surface area (Å²) in [4.78, 5) is 7.21. The number of guanidine groups is 1. The highest BCUT2D eigenvalue weighted by molar-refractivity contribution is 14.0. The summed E-state index contributed by atoms with van der Waals surface area (Å²) in [5, 5.41) is 6.80. The third-order valence-corrected chi connectivity index (χ3v) is 4.86. The molecule has 1 saturated heterocycles. The molecule has 1 aromatic rings. The number of rotatable bonds is 9. The number of halogens is 1. The molecule has 1 atom stereocenters. The van der Waals surface area contributed by atoms with Crippen LogP contribution in [0.25, 0.3) is 0 Å². The molecule has 0 aliphatic carbocycles. The molecule has 0 saturated carbocycles. The van der Waals surface area contributed by atoms with E-state index in [9.17, 15) is 0 Å². The number of aliphatic imine (C=N–C) groups is 1. The second-order valence-electron chi connectivity index (χ2n) is 6.66. The summed E-state index contributed by atoms with van der Waals surface area (Å²) < 4.78 is 16.2. The SMILES string of the molecule is CCNC(=NCc1cc(OC)c(OC)c(OC)c1)NCC1CCN(CC)C1.I. The number of nitrogens with zero attached hydrogens (tertiary/aromatic N) is 2. The molecule has 160 valence electrons. The first-order chi connectivity index (χ1) is 13.1. The van der Waals surface area contributed by atoms with E-state index in [1.165, 1.54) is 13.0 Å². The molecule has 1 aromatic carbocycles. The zero-order chi connectivity index (χ0) is 19.6. The van der Waals surface area contributed by atoms with E-state index in [1.807, 2.05) is 12.1 Å². The fourth-order valence-electron chi connectivity index (χ4n) is 3.35. The number of nitrogens with one attached hydrogen (secondary N) is 2.